The number of nitrogens with one attached hydrogen (secondary N) is 1. The lowest BCUT2D eigenvalue weighted by Gasteiger charge is -2.12. The second-order valence-electron chi connectivity index (χ2n) is 6.29. The number of carboxylic acid groups (broad SMARTS) is 1. The Kier molecular flexibility index (Phi) is 5.71. The third-order valence-electron chi connectivity index (χ3n) is 4.40. The van der Waals surface area contributed by atoms with Gasteiger partial charge in [-0.25, -0.2) is 0 Å². The Morgan fingerprint density at radius 3 is 2.59 bits per heavy atom. The van der Waals surface area contributed by atoms with E-state index >= 15 is 0 Å². The van der Waals surface area contributed by atoms with Crippen molar-refractivity contribution in [1.29, 1.82) is 0 Å². The quantitative estimate of drug-likeness (QED) is 0.664. The fourth-order valence-electron chi connectivity index (χ4n) is 3.09. The van der Waals surface area contributed by atoms with Crippen LogP contribution in [-0.2, 0) is 22.4 Å². The maximum atomic E-state index is 12.4. The van der Waals surface area contributed by atoms with E-state index in [2.05, 4.69) is 23.5 Å². The summed E-state index contributed by atoms with van der Waals surface area (Å²) in [4.78, 5) is 23.2. The van der Waals surface area contributed by atoms with Gasteiger partial charge in [0.25, 0.3) is 0 Å². The molecule has 2 N–H and O–H groups in total. The summed E-state index contributed by atoms with van der Waals surface area (Å²) in [5.41, 5.74) is 2.29. The Balaban J connectivity index is 1.68. The zero-order valence-electron chi connectivity index (χ0n) is 15.1. The van der Waals surface area contributed by atoms with Crippen molar-refractivity contribution in [1.82, 2.24) is 0 Å². The molecule has 0 radical (unpaired) electrons. The van der Waals surface area contributed by atoms with Crippen LogP contribution >= 0.6 is 0 Å². The highest BCUT2D eigenvalue weighted by molar-refractivity contribution is 5.93. The number of carbonyl (C=O) groups is 2. The van der Waals surface area contributed by atoms with E-state index in [-0.39, 0.29) is 12.3 Å². The number of methoxy groups -OCH3 is 1. The van der Waals surface area contributed by atoms with Gasteiger partial charge in [0.1, 0.15) is 5.75 Å². The van der Waals surface area contributed by atoms with Gasteiger partial charge >= 0.3 is 5.97 Å². The molecule has 1 amide bonds. The number of aliphatic carboxylic acids is 1. The van der Waals surface area contributed by atoms with Crippen LogP contribution in [0, 0.1) is 0 Å². The first-order valence-electron chi connectivity index (χ1n) is 8.72. The fourth-order valence-corrected chi connectivity index (χ4v) is 3.09. The van der Waals surface area contributed by atoms with E-state index in [1.54, 1.807) is 18.2 Å². The number of ether oxygens (including phenoxy) is 1. The van der Waals surface area contributed by atoms with Crippen molar-refractivity contribution in [2.75, 3.05) is 12.4 Å². The molecule has 0 aromatic heterocycles. The molecule has 0 aliphatic rings. The predicted molar refractivity (Wildman–Crippen MR) is 105 cm³/mol. The Hall–Kier alpha value is -3.34. The first-order valence-corrected chi connectivity index (χ1v) is 8.72. The molecule has 3 aromatic rings. The highest BCUT2D eigenvalue weighted by atomic mass is 16.5. The molecule has 0 aliphatic carbocycles. The molecule has 5 heteroatoms. The van der Waals surface area contributed by atoms with Crippen molar-refractivity contribution >= 4 is 28.3 Å². The molecule has 0 aliphatic heterocycles. The van der Waals surface area contributed by atoms with Crippen molar-refractivity contribution in [2.24, 2.45) is 0 Å². The van der Waals surface area contributed by atoms with Crippen LogP contribution in [0.2, 0.25) is 0 Å². The second kappa shape index (κ2) is 8.36. The summed E-state index contributed by atoms with van der Waals surface area (Å²) in [6.07, 6.45) is 0.881. The molecule has 27 heavy (non-hydrogen) atoms. The molecular weight excluding hydrogens is 342 g/mol. The van der Waals surface area contributed by atoms with Crippen molar-refractivity contribution in [3.8, 4) is 5.75 Å². The van der Waals surface area contributed by atoms with Gasteiger partial charge in [0.05, 0.1) is 19.2 Å². The summed E-state index contributed by atoms with van der Waals surface area (Å²) in [5.74, 6) is -0.580. The van der Waals surface area contributed by atoms with Gasteiger partial charge in [-0.1, -0.05) is 48.5 Å². The number of carbonyl (C=O) groups excluding carboxylic acids is 1. The largest absolute Gasteiger partial charge is 0.495 e. The van der Waals surface area contributed by atoms with Crippen LogP contribution in [0.5, 0.6) is 5.75 Å². The summed E-state index contributed by atoms with van der Waals surface area (Å²) in [7, 11) is 1.49. The maximum absolute atomic E-state index is 12.4. The number of carboxylic acids is 1. The van der Waals surface area contributed by atoms with E-state index in [9.17, 15) is 9.59 Å². The minimum Gasteiger partial charge on any atom is -0.495 e. The predicted octanol–water partition coefficient (Wildman–Crippen LogP) is 4.05. The van der Waals surface area contributed by atoms with Gasteiger partial charge in [-0.15, -0.1) is 0 Å². The zero-order chi connectivity index (χ0) is 19.2. The van der Waals surface area contributed by atoms with E-state index in [1.165, 1.54) is 7.11 Å². The zero-order valence-corrected chi connectivity index (χ0v) is 15.1. The van der Waals surface area contributed by atoms with Crippen LogP contribution in [0.25, 0.3) is 10.8 Å². The fraction of sp³-hybridized carbons (Fsp3) is 0.182. The first kappa shape index (κ1) is 18.5. The average Bonchev–Trinajstić information content (AvgIpc) is 2.67. The minimum absolute atomic E-state index is 0.0916. The molecule has 0 bridgehead atoms. The van der Waals surface area contributed by atoms with E-state index < -0.39 is 5.97 Å². The molecular formula is C22H21NO4. The minimum atomic E-state index is -0.913. The van der Waals surface area contributed by atoms with Crippen LogP contribution in [0.3, 0.4) is 0 Å². The van der Waals surface area contributed by atoms with Gasteiger partial charge in [-0.2, -0.15) is 0 Å². The number of hydrogen-bond donors (Lipinski definition) is 2. The SMILES string of the molecule is COc1cc(CC(=O)O)ccc1NC(=O)CCc1cccc2ccccc12. The van der Waals surface area contributed by atoms with Crippen LogP contribution in [0.1, 0.15) is 17.5 Å². The lowest BCUT2D eigenvalue weighted by Crippen LogP contribution is -2.13. The molecule has 0 saturated heterocycles. The summed E-state index contributed by atoms with van der Waals surface area (Å²) >= 11 is 0. The lowest BCUT2D eigenvalue weighted by molar-refractivity contribution is -0.136. The Morgan fingerprint density at radius 1 is 1.04 bits per heavy atom. The summed E-state index contributed by atoms with van der Waals surface area (Å²) in [6.45, 7) is 0. The van der Waals surface area contributed by atoms with Gasteiger partial charge in [0.15, 0.2) is 0 Å². The van der Waals surface area contributed by atoms with Crippen molar-refractivity contribution in [2.45, 2.75) is 19.3 Å². The van der Waals surface area contributed by atoms with Gasteiger partial charge < -0.3 is 15.2 Å². The number of fused-ring (bicyclic) bond motifs is 1. The lowest BCUT2D eigenvalue weighted by atomic mass is 10.0. The number of rotatable bonds is 7. The highest BCUT2D eigenvalue weighted by Gasteiger charge is 2.11. The Morgan fingerprint density at radius 2 is 1.81 bits per heavy atom. The average molecular weight is 363 g/mol. The highest BCUT2D eigenvalue weighted by Crippen LogP contribution is 2.26. The monoisotopic (exact) mass is 363 g/mol. The molecule has 5 nitrogen and oxygen atoms in total. The molecule has 138 valence electrons. The molecule has 3 aromatic carbocycles. The number of benzene rings is 3. The van der Waals surface area contributed by atoms with E-state index in [4.69, 9.17) is 9.84 Å². The molecule has 0 spiro atoms. The number of hydrogen-bond acceptors (Lipinski definition) is 3. The Bertz CT molecular complexity index is 976. The van der Waals surface area contributed by atoms with E-state index in [0.717, 1.165) is 16.3 Å². The topological polar surface area (TPSA) is 75.6 Å². The van der Waals surface area contributed by atoms with Gasteiger partial charge in [0.2, 0.25) is 5.91 Å². The molecule has 0 saturated carbocycles. The summed E-state index contributed by atoms with van der Waals surface area (Å²) in [5, 5.41) is 14.1. The molecule has 0 heterocycles. The van der Waals surface area contributed by atoms with E-state index in [1.807, 2.05) is 24.3 Å². The van der Waals surface area contributed by atoms with Crippen LogP contribution < -0.4 is 10.1 Å². The van der Waals surface area contributed by atoms with Crippen LogP contribution in [-0.4, -0.2) is 24.1 Å². The molecule has 0 unspecified atom stereocenters. The second-order valence-corrected chi connectivity index (χ2v) is 6.29. The first-order chi connectivity index (χ1) is 13.1. The van der Waals surface area contributed by atoms with Gasteiger partial charge in [-0.05, 0) is 40.5 Å². The standard InChI is InChI=1S/C22H21NO4/c1-27-20-13-15(14-22(25)26)9-11-19(20)23-21(24)12-10-17-7-4-6-16-5-2-3-8-18(16)17/h2-9,11,13H,10,12,14H2,1H3,(H,23,24)(H,25,26). The smallest absolute Gasteiger partial charge is 0.307 e. The van der Waals surface area contributed by atoms with Crippen molar-refractivity contribution < 1.29 is 19.4 Å². The van der Waals surface area contributed by atoms with Gasteiger partial charge in [-0.3, -0.25) is 9.59 Å². The Labute approximate surface area is 157 Å². The molecule has 0 atom stereocenters. The maximum Gasteiger partial charge on any atom is 0.307 e. The number of amides is 1. The number of aryl methyl sites for hydroxylation is 1. The summed E-state index contributed by atoms with van der Waals surface area (Å²) in [6, 6.07) is 19.2. The third kappa shape index (κ3) is 4.64. The molecule has 3 rings (SSSR count). The van der Waals surface area contributed by atoms with Crippen LogP contribution in [0.4, 0.5) is 5.69 Å². The normalized spacial score (nSPS) is 10.6. The number of anilines is 1. The van der Waals surface area contributed by atoms with Gasteiger partial charge in [0, 0.05) is 6.42 Å². The van der Waals surface area contributed by atoms with Crippen molar-refractivity contribution in [3.05, 3.63) is 71.8 Å². The van der Waals surface area contributed by atoms with Crippen LogP contribution in [0.15, 0.2) is 60.7 Å². The summed E-state index contributed by atoms with van der Waals surface area (Å²) < 4.78 is 5.28. The molecule has 0 fully saturated rings. The van der Waals surface area contributed by atoms with E-state index in [0.29, 0.717) is 29.8 Å². The van der Waals surface area contributed by atoms with Crippen molar-refractivity contribution in [3.63, 3.8) is 0 Å². The third-order valence-corrected chi connectivity index (χ3v) is 4.40.